The van der Waals surface area contributed by atoms with Gasteiger partial charge in [-0.1, -0.05) is 6.08 Å². The first-order chi connectivity index (χ1) is 8.34. The van der Waals surface area contributed by atoms with Gasteiger partial charge >= 0.3 is 0 Å². The Morgan fingerprint density at radius 1 is 1.24 bits per heavy atom. The summed E-state index contributed by atoms with van der Waals surface area (Å²) in [7, 11) is -0.275. The maximum Gasteiger partial charge on any atom is 0.243 e. The van der Waals surface area contributed by atoms with Crippen LogP contribution >= 0.6 is 10.9 Å². The number of fused-ring (bicyclic) bond motifs is 4. The molecule has 0 aromatic heterocycles. The number of hydrogen-bond acceptors (Lipinski definition) is 5. The summed E-state index contributed by atoms with van der Waals surface area (Å²) < 4.78 is 4.28. The SMILES string of the molecule is CC1=CC=NC2=NC3=S(N4C=CC=CC4=N3)N12. The monoisotopic (exact) mass is 243 g/mol. The molecule has 5 nitrogen and oxygen atoms in total. The molecule has 4 aliphatic rings. The number of rotatable bonds is 0. The average molecular weight is 243 g/mol. The van der Waals surface area contributed by atoms with Crippen LogP contribution in [-0.2, 0) is 0 Å². The van der Waals surface area contributed by atoms with Crippen molar-refractivity contribution < 1.29 is 0 Å². The first-order valence-electron chi connectivity index (χ1n) is 5.29. The van der Waals surface area contributed by atoms with Crippen LogP contribution in [0.25, 0.3) is 0 Å². The van der Waals surface area contributed by atoms with Crippen molar-refractivity contribution in [3.63, 3.8) is 0 Å². The zero-order valence-electron chi connectivity index (χ0n) is 9.11. The molecule has 6 heteroatoms. The second-order valence-electron chi connectivity index (χ2n) is 3.84. The number of allylic oxidation sites excluding steroid dienone is 4. The molecule has 0 aliphatic carbocycles. The molecule has 4 aliphatic heterocycles. The van der Waals surface area contributed by atoms with Crippen molar-refractivity contribution >= 4 is 34.0 Å². The largest absolute Gasteiger partial charge is 0.261 e. The van der Waals surface area contributed by atoms with Gasteiger partial charge in [0.1, 0.15) is 5.84 Å². The smallest absolute Gasteiger partial charge is 0.243 e. The van der Waals surface area contributed by atoms with Crippen LogP contribution in [0.1, 0.15) is 6.92 Å². The fourth-order valence-electron chi connectivity index (χ4n) is 1.98. The molecule has 0 aromatic rings. The van der Waals surface area contributed by atoms with E-state index in [1.54, 1.807) is 6.21 Å². The van der Waals surface area contributed by atoms with Crippen molar-refractivity contribution in [3.05, 3.63) is 36.2 Å². The van der Waals surface area contributed by atoms with Crippen molar-refractivity contribution in [1.29, 1.82) is 0 Å². The number of aliphatic imine (C=N–C) groups is 3. The summed E-state index contributed by atoms with van der Waals surface area (Å²) >= 11 is 0. The Hall–Kier alpha value is -1.95. The van der Waals surface area contributed by atoms with Crippen molar-refractivity contribution in [2.45, 2.75) is 6.92 Å². The topological polar surface area (TPSA) is 43.6 Å². The van der Waals surface area contributed by atoms with Gasteiger partial charge in [-0.3, -0.25) is 4.31 Å². The van der Waals surface area contributed by atoms with Gasteiger partial charge in [0, 0.05) is 18.1 Å². The molecule has 84 valence electrons. The first kappa shape index (κ1) is 9.12. The minimum Gasteiger partial charge on any atom is -0.261 e. The molecule has 4 heterocycles. The van der Waals surface area contributed by atoms with Gasteiger partial charge in [-0.15, -0.1) is 0 Å². The van der Waals surface area contributed by atoms with E-state index < -0.39 is 0 Å². The first-order valence-corrected chi connectivity index (χ1v) is 6.42. The lowest BCUT2D eigenvalue weighted by atomic mass is 10.4. The molecule has 1 unspecified atom stereocenters. The molecule has 0 amide bonds. The van der Waals surface area contributed by atoms with E-state index in [1.807, 2.05) is 30.5 Å². The minimum absolute atomic E-state index is 0.275. The van der Waals surface area contributed by atoms with Crippen LogP contribution in [0.2, 0.25) is 0 Å². The van der Waals surface area contributed by atoms with Crippen LogP contribution in [0, 0.1) is 0 Å². The molecule has 4 rings (SSSR count). The van der Waals surface area contributed by atoms with Gasteiger partial charge in [-0.2, -0.15) is 4.99 Å². The highest BCUT2D eigenvalue weighted by molar-refractivity contribution is 8.13. The van der Waals surface area contributed by atoms with Crippen LogP contribution < -0.4 is 0 Å². The van der Waals surface area contributed by atoms with Gasteiger partial charge in [-0.05, 0) is 25.2 Å². The van der Waals surface area contributed by atoms with E-state index in [0.717, 1.165) is 22.6 Å². The van der Waals surface area contributed by atoms with E-state index in [1.165, 1.54) is 0 Å². The molecule has 0 radical (unpaired) electrons. The molecule has 0 saturated heterocycles. The second kappa shape index (κ2) is 3.04. The number of amidine groups is 1. The van der Waals surface area contributed by atoms with Crippen molar-refractivity contribution in [1.82, 2.24) is 8.61 Å². The normalized spacial score (nSPS) is 27.7. The number of hydrogen-bond donors (Lipinski definition) is 0. The summed E-state index contributed by atoms with van der Waals surface area (Å²) in [6.45, 7) is 2.07. The van der Waals surface area contributed by atoms with Gasteiger partial charge in [0.15, 0.2) is 0 Å². The quantitative estimate of drug-likeness (QED) is 0.607. The molecule has 0 spiro atoms. The van der Waals surface area contributed by atoms with E-state index >= 15 is 0 Å². The van der Waals surface area contributed by atoms with Crippen molar-refractivity contribution in [2.75, 3.05) is 0 Å². The van der Waals surface area contributed by atoms with Crippen LogP contribution in [0.5, 0.6) is 0 Å². The van der Waals surface area contributed by atoms with E-state index in [4.69, 9.17) is 0 Å². The fourth-order valence-corrected chi connectivity index (χ4v) is 3.87. The molecule has 0 N–H and O–H groups in total. The van der Waals surface area contributed by atoms with Gasteiger partial charge < -0.3 is 0 Å². The van der Waals surface area contributed by atoms with E-state index in [9.17, 15) is 0 Å². The highest BCUT2D eigenvalue weighted by Crippen LogP contribution is 2.42. The molecule has 1 atom stereocenters. The average Bonchev–Trinajstić information content (AvgIpc) is 2.84. The third-order valence-electron chi connectivity index (χ3n) is 2.74. The Bertz CT molecular complexity index is 632. The lowest BCUT2D eigenvalue weighted by Crippen LogP contribution is -2.29. The van der Waals surface area contributed by atoms with Gasteiger partial charge in [0.2, 0.25) is 11.1 Å². The van der Waals surface area contributed by atoms with E-state index in [0.29, 0.717) is 0 Å². The molecule has 0 saturated carbocycles. The van der Waals surface area contributed by atoms with E-state index in [2.05, 4.69) is 30.5 Å². The fraction of sp³-hybridized carbons (Fsp3) is 0.0909. The Morgan fingerprint density at radius 3 is 3.12 bits per heavy atom. The predicted octanol–water partition coefficient (Wildman–Crippen LogP) is 1.63. The summed E-state index contributed by atoms with van der Waals surface area (Å²) in [5.74, 6) is 1.70. The summed E-state index contributed by atoms with van der Waals surface area (Å²) in [5, 5.41) is 0.845. The lowest BCUT2D eigenvalue weighted by Gasteiger charge is -2.29. The van der Waals surface area contributed by atoms with Crippen molar-refractivity contribution in [2.24, 2.45) is 15.0 Å². The second-order valence-corrected chi connectivity index (χ2v) is 5.49. The van der Waals surface area contributed by atoms with Gasteiger partial charge in [0.25, 0.3) is 0 Å². The van der Waals surface area contributed by atoms with Crippen LogP contribution in [0.15, 0.2) is 51.2 Å². The zero-order chi connectivity index (χ0) is 11.4. The Labute approximate surface area is 101 Å². The zero-order valence-corrected chi connectivity index (χ0v) is 9.92. The lowest BCUT2D eigenvalue weighted by molar-refractivity contribution is 0.775. The Kier molecular flexibility index (Phi) is 1.63. The summed E-state index contributed by atoms with van der Waals surface area (Å²) in [5.41, 5.74) is 1.15. The molecule has 17 heavy (non-hydrogen) atoms. The third-order valence-corrected chi connectivity index (χ3v) is 4.73. The predicted molar refractivity (Wildman–Crippen MR) is 71.7 cm³/mol. The van der Waals surface area contributed by atoms with Gasteiger partial charge in [-0.25, -0.2) is 14.3 Å². The molecular weight excluding hydrogens is 234 g/mol. The third kappa shape index (κ3) is 1.10. The van der Waals surface area contributed by atoms with Crippen LogP contribution in [0.4, 0.5) is 0 Å². The molecule has 0 fully saturated rings. The Morgan fingerprint density at radius 2 is 2.18 bits per heavy atom. The molecule has 0 bridgehead atoms. The highest BCUT2D eigenvalue weighted by Gasteiger charge is 2.36. The summed E-state index contributed by atoms with van der Waals surface area (Å²) in [6, 6.07) is 0. The summed E-state index contributed by atoms with van der Waals surface area (Å²) in [6.07, 6.45) is 11.8. The highest BCUT2D eigenvalue weighted by atomic mass is 32.2. The van der Waals surface area contributed by atoms with E-state index in [-0.39, 0.29) is 10.9 Å². The van der Waals surface area contributed by atoms with Crippen molar-refractivity contribution in [3.8, 4) is 0 Å². The molecular formula is C11H9N5S. The maximum absolute atomic E-state index is 4.53. The standard InChI is InChI=1S/C11H9N5S/c1-8-5-6-12-10-14-11-13-9-4-2-3-7-15(9)17(11)16(8)10/h2-7H,1H3. The van der Waals surface area contributed by atoms with Gasteiger partial charge in [0.05, 0.1) is 10.9 Å². The Balaban J connectivity index is 1.86. The maximum atomic E-state index is 4.53. The van der Waals surface area contributed by atoms with Crippen LogP contribution in [0.3, 0.4) is 0 Å². The minimum atomic E-state index is -0.275. The number of guanidine groups is 1. The molecule has 0 aromatic carbocycles. The summed E-state index contributed by atoms with van der Waals surface area (Å²) in [4.78, 5) is 13.3. The van der Waals surface area contributed by atoms with Crippen LogP contribution in [-0.4, -0.2) is 31.7 Å². The number of nitrogens with zero attached hydrogens (tertiary/aromatic N) is 5.